The largest absolute Gasteiger partial charge is 0.463 e. The lowest BCUT2D eigenvalue weighted by Gasteiger charge is -2.25. The average Bonchev–Trinajstić information content (AvgIpc) is 3.31. The van der Waals surface area contributed by atoms with E-state index in [1.807, 2.05) is 74.7 Å². The number of esters is 1. The molecule has 4 rings (SSSR count). The summed E-state index contributed by atoms with van der Waals surface area (Å²) in [5, 5.41) is 5.73. The smallest absolute Gasteiger partial charge is 0.329 e. The van der Waals surface area contributed by atoms with Crippen molar-refractivity contribution in [1.82, 2.24) is 10.6 Å². The first-order valence-corrected chi connectivity index (χ1v) is 15.9. The zero-order valence-electron chi connectivity index (χ0n) is 24.5. The summed E-state index contributed by atoms with van der Waals surface area (Å²) in [4.78, 5) is 40.0. The first-order valence-electron chi connectivity index (χ1n) is 14.5. The summed E-state index contributed by atoms with van der Waals surface area (Å²) >= 11 is 1.61. The number of rotatable bonds is 14. The van der Waals surface area contributed by atoms with E-state index in [9.17, 15) is 14.4 Å². The zero-order chi connectivity index (χ0) is 30.1. The van der Waals surface area contributed by atoms with Gasteiger partial charge in [-0.05, 0) is 58.6 Å². The Morgan fingerprint density at radius 1 is 0.833 bits per heavy atom. The second-order valence-electron chi connectivity index (χ2n) is 11.2. The number of carbonyl (C=O) groups is 3. The lowest BCUT2D eigenvalue weighted by Crippen LogP contribution is -2.55. The molecule has 4 N–H and O–H groups in total. The molecule has 2 amide bonds. The Hall–Kier alpha value is -3.62. The highest BCUT2D eigenvalue weighted by Gasteiger charge is 2.32. The van der Waals surface area contributed by atoms with Crippen LogP contribution >= 0.6 is 11.8 Å². The maximum absolute atomic E-state index is 13.6. The number of nitrogens with two attached hydrogens (primary N) is 1. The number of hydrogen-bond acceptors (Lipinski definition) is 6. The molecule has 0 saturated carbocycles. The summed E-state index contributed by atoms with van der Waals surface area (Å²) in [5.41, 5.74) is 11.5. The fourth-order valence-electron chi connectivity index (χ4n) is 5.38. The molecule has 3 aromatic rings. The van der Waals surface area contributed by atoms with Gasteiger partial charge in [-0.2, -0.15) is 11.8 Å². The molecule has 7 nitrogen and oxygen atoms in total. The Kier molecular flexibility index (Phi) is 11.2. The fraction of sp³-hybridized carbons (Fsp3) is 0.382. The molecule has 3 atom stereocenters. The molecule has 0 bridgehead atoms. The maximum Gasteiger partial charge on any atom is 0.329 e. The van der Waals surface area contributed by atoms with Gasteiger partial charge in [-0.15, -0.1) is 0 Å². The minimum atomic E-state index is -0.927. The zero-order valence-corrected chi connectivity index (χ0v) is 25.4. The predicted octanol–water partition coefficient (Wildman–Crippen LogP) is 4.68. The Morgan fingerprint density at radius 2 is 1.40 bits per heavy atom. The van der Waals surface area contributed by atoms with E-state index in [1.165, 1.54) is 0 Å². The quantitative estimate of drug-likeness (QED) is 0.236. The molecule has 42 heavy (non-hydrogen) atoms. The van der Waals surface area contributed by atoms with Gasteiger partial charge in [0.25, 0.3) is 0 Å². The van der Waals surface area contributed by atoms with Gasteiger partial charge in [0.05, 0.1) is 6.04 Å². The number of thioether (sulfide) groups is 1. The maximum atomic E-state index is 13.6. The van der Waals surface area contributed by atoms with Crippen molar-refractivity contribution in [3.8, 4) is 11.1 Å². The summed E-state index contributed by atoms with van der Waals surface area (Å²) in [5.74, 6) is -0.526. The van der Waals surface area contributed by atoms with Gasteiger partial charge in [0.1, 0.15) is 18.7 Å². The van der Waals surface area contributed by atoms with Crippen LogP contribution in [0.1, 0.15) is 49.3 Å². The Morgan fingerprint density at radius 3 is 2.00 bits per heavy atom. The second kappa shape index (κ2) is 15.0. The van der Waals surface area contributed by atoms with Crippen molar-refractivity contribution in [3.05, 3.63) is 95.6 Å². The van der Waals surface area contributed by atoms with E-state index in [4.69, 9.17) is 10.5 Å². The first kappa shape index (κ1) is 31.3. The predicted molar refractivity (Wildman–Crippen MR) is 169 cm³/mol. The number of amides is 2. The van der Waals surface area contributed by atoms with E-state index in [1.54, 1.807) is 11.8 Å². The number of nitrogens with one attached hydrogen (secondary N) is 2. The van der Waals surface area contributed by atoms with E-state index in [-0.39, 0.29) is 30.8 Å². The van der Waals surface area contributed by atoms with Crippen molar-refractivity contribution in [1.29, 1.82) is 0 Å². The third kappa shape index (κ3) is 8.01. The summed E-state index contributed by atoms with van der Waals surface area (Å²) < 4.78 is 5.94. The molecule has 0 unspecified atom stereocenters. The highest BCUT2D eigenvalue weighted by Crippen LogP contribution is 2.44. The van der Waals surface area contributed by atoms with E-state index in [0.29, 0.717) is 12.8 Å². The molecule has 1 aliphatic rings. The van der Waals surface area contributed by atoms with E-state index in [2.05, 4.69) is 34.9 Å². The van der Waals surface area contributed by atoms with Crippen LogP contribution < -0.4 is 16.4 Å². The molecule has 0 heterocycles. The van der Waals surface area contributed by atoms with Crippen LogP contribution in [0, 0.1) is 5.92 Å². The molecule has 1 aliphatic carbocycles. The van der Waals surface area contributed by atoms with Crippen molar-refractivity contribution in [2.24, 2.45) is 11.7 Å². The SMILES string of the molecule is CSCC[C@@H](N)C(=O)N[C@H](CC(C)C)C(=O)N[C@H](Cc1ccccc1)C(=O)OCC1c2ccccc2-c2ccccc21. The van der Waals surface area contributed by atoms with Crippen LogP contribution in [-0.4, -0.2) is 54.5 Å². The van der Waals surface area contributed by atoms with Crippen LogP contribution in [0.4, 0.5) is 0 Å². The number of ether oxygens (including phenoxy) is 1. The topological polar surface area (TPSA) is 111 Å². The third-order valence-electron chi connectivity index (χ3n) is 7.55. The summed E-state index contributed by atoms with van der Waals surface area (Å²) in [6, 6.07) is 23.4. The highest BCUT2D eigenvalue weighted by molar-refractivity contribution is 7.98. The molecule has 0 saturated heterocycles. The molecule has 0 aromatic heterocycles. The molecule has 0 radical (unpaired) electrons. The van der Waals surface area contributed by atoms with Crippen molar-refractivity contribution in [2.45, 2.75) is 57.2 Å². The minimum absolute atomic E-state index is 0.0924. The van der Waals surface area contributed by atoms with Gasteiger partial charge in [-0.25, -0.2) is 4.79 Å². The van der Waals surface area contributed by atoms with Crippen molar-refractivity contribution < 1.29 is 19.1 Å². The van der Waals surface area contributed by atoms with Gasteiger partial charge in [0.15, 0.2) is 0 Å². The highest BCUT2D eigenvalue weighted by atomic mass is 32.2. The average molecular weight is 588 g/mol. The lowest BCUT2D eigenvalue weighted by atomic mass is 9.98. The van der Waals surface area contributed by atoms with Crippen molar-refractivity contribution >= 4 is 29.5 Å². The molecule has 0 fully saturated rings. The standard InChI is InChI=1S/C34H41N3O4S/c1-22(2)19-30(36-32(38)29(35)17-18-42-3)33(39)37-31(20-23-11-5-4-6-12-23)34(40)41-21-28-26-15-9-7-13-24(26)25-14-8-10-16-27(25)28/h4-16,22,28-31H,17-21,35H2,1-3H3,(H,36,38)(H,37,39)/t29-,30-,31-/m1/s1. The first-order chi connectivity index (χ1) is 20.3. The molecule has 0 aliphatic heterocycles. The van der Waals surface area contributed by atoms with Crippen LogP contribution in [0.3, 0.4) is 0 Å². The van der Waals surface area contributed by atoms with Crippen LogP contribution in [0.15, 0.2) is 78.9 Å². The number of benzene rings is 3. The number of fused-ring (bicyclic) bond motifs is 3. The van der Waals surface area contributed by atoms with Gasteiger partial charge in [-0.1, -0.05) is 92.7 Å². The van der Waals surface area contributed by atoms with Crippen molar-refractivity contribution in [3.63, 3.8) is 0 Å². The number of hydrogen-bond donors (Lipinski definition) is 3. The van der Waals surface area contributed by atoms with Gasteiger partial charge in [0.2, 0.25) is 11.8 Å². The Bertz CT molecular complexity index is 1320. The number of carbonyl (C=O) groups excluding carboxylic acids is 3. The second-order valence-corrected chi connectivity index (χ2v) is 12.2. The third-order valence-corrected chi connectivity index (χ3v) is 8.19. The lowest BCUT2D eigenvalue weighted by molar-refractivity contribution is -0.148. The molecular formula is C34H41N3O4S. The molecule has 8 heteroatoms. The van der Waals surface area contributed by atoms with Crippen LogP contribution in [-0.2, 0) is 25.5 Å². The fourth-order valence-corrected chi connectivity index (χ4v) is 5.87. The van der Waals surface area contributed by atoms with Crippen LogP contribution in [0.2, 0.25) is 0 Å². The van der Waals surface area contributed by atoms with E-state index in [0.717, 1.165) is 33.6 Å². The summed E-state index contributed by atoms with van der Waals surface area (Å²) in [6.07, 6.45) is 3.14. The van der Waals surface area contributed by atoms with E-state index >= 15 is 0 Å². The molecule has 222 valence electrons. The molecule has 0 spiro atoms. The Balaban J connectivity index is 1.50. The van der Waals surface area contributed by atoms with Gasteiger partial charge < -0.3 is 21.1 Å². The van der Waals surface area contributed by atoms with Gasteiger partial charge in [0, 0.05) is 12.3 Å². The summed E-state index contributed by atoms with van der Waals surface area (Å²) in [6.45, 7) is 4.12. The van der Waals surface area contributed by atoms with Gasteiger partial charge in [-0.3, -0.25) is 9.59 Å². The van der Waals surface area contributed by atoms with Gasteiger partial charge >= 0.3 is 5.97 Å². The van der Waals surface area contributed by atoms with Crippen LogP contribution in [0.5, 0.6) is 0 Å². The molecule has 3 aromatic carbocycles. The Labute approximate surface area is 253 Å². The van der Waals surface area contributed by atoms with Crippen LogP contribution in [0.25, 0.3) is 11.1 Å². The molecular weight excluding hydrogens is 546 g/mol. The normalized spacial score (nSPS) is 14.4. The minimum Gasteiger partial charge on any atom is -0.463 e. The van der Waals surface area contributed by atoms with E-state index < -0.39 is 30.0 Å². The van der Waals surface area contributed by atoms with Crippen molar-refractivity contribution in [2.75, 3.05) is 18.6 Å². The monoisotopic (exact) mass is 587 g/mol. The summed E-state index contributed by atoms with van der Waals surface area (Å²) in [7, 11) is 0.